The summed E-state index contributed by atoms with van der Waals surface area (Å²) >= 11 is 0. The summed E-state index contributed by atoms with van der Waals surface area (Å²) in [6.45, 7) is 0. The average Bonchev–Trinajstić information content (AvgIpc) is 2.09. The van der Waals surface area contributed by atoms with Crippen LogP contribution in [0, 0.1) is 21.7 Å². The van der Waals surface area contributed by atoms with Crippen LogP contribution in [0.5, 0.6) is 0 Å². The van der Waals surface area contributed by atoms with E-state index in [1.165, 1.54) is 0 Å². The number of benzene rings is 1. The molecule has 0 heterocycles. The Balaban J connectivity index is 3.13. The maximum Gasteiger partial charge on any atom is 0.307 e. The largest absolute Gasteiger partial charge is 0.307 e. The van der Waals surface area contributed by atoms with Crippen molar-refractivity contribution >= 4 is 5.69 Å². The first-order valence-corrected chi connectivity index (χ1v) is 3.82. The molecule has 3 nitrogen and oxygen atoms in total. The van der Waals surface area contributed by atoms with Gasteiger partial charge in [0.2, 0.25) is 12.2 Å². The van der Waals surface area contributed by atoms with E-state index in [-0.39, 0.29) is 0 Å². The van der Waals surface area contributed by atoms with E-state index in [1.54, 1.807) is 0 Å². The van der Waals surface area contributed by atoms with Crippen LogP contribution in [-0.2, 0) is 6.42 Å². The number of nitro benzene ring substituents is 1. The predicted octanol–water partition coefficient (Wildman–Crippen LogP) is 2.68. The normalized spacial score (nSPS) is 10.7. The van der Waals surface area contributed by atoms with Gasteiger partial charge in [-0.3, -0.25) is 10.1 Å². The highest BCUT2D eigenvalue weighted by Crippen LogP contribution is 2.22. The monoisotopic (exact) mass is 223 g/mol. The summed E-state index contributed by atoms with van der Waals surface area (Å²) in [5, 5.41) is 10.2. The third-order valence-electron chi connectivity index (χ3n) is 1.69. The summed E-state index contributed by atoms with van der Waals surface area (Å²) in [5.41, 5.74) is -1.64. The Hall–Kier alpha value is -1.66. The molecule has 0 N–H and O–H groups in total. The van der Waals surface area contributed by atoms with Crippen LogP contribution in [0.1, 0.15) is 5.56 Å². The molecule has 15 heavy (non-hydrogen) atoms. The molecule has 0 saturated heterocycles. The number of hydrogen-bond donors (Lipinski definition) is 0. The minimum Gasteiger partial charge on any atom is -0.258 e. The van der Waals surface area contributed by atoms with Gasteiger partial charge in [0.1, 0.15) is 5.82 Å². The van der Waals surface area contributed by atoms with Crippen molar-refractivity contribution in [1.82, 2.24) is 0 Å². The van der Waals surface area contributed by atoms with Crippen molar-refractivity contribution in [3.05, 3.63) is 39.4 Å². The van der Waals surface area contributed by atoms with E-state index in [0.29, 0.717) is 12.1 Å². The zero-order chi connectivity index (χ0) is 11.6. The molecule has 0 bridgehead atoms. The number of halogens is 4. The summed E-state index contributed by atoms with van der Waals surface area (Å²) in [7, 11) is 0. The molecule has 0 aliphatic rings. The van der Waals surface area contributed by atoms with Crippen molar-refractivity contribution in [1.29, 1.82) is 0 Å². The Morgan fingerprint density at radius 3 is 2.33 bits per heavy atom. The van der Waals surface area contributed by atoms with Gasteiger partial charge in [0, 0.05) is 6.42 Å². The second kappa shape index (κ2) is 4.24. The summed E-state index contributed by atoms with van der Waals surface area (Å²) < 4.78 is 49.6. The van der Waals surface area contributed by atoms with E-state index in [9.17, 15) is 27.7 Å². The van der Waals surface area contributed by atoms with Gasteiger partial charge in [-0.1, -0.05) is 0 Å². The molecule has 0 radical (unpaired) electrons. The third-order valence-corrected chi connectivity index (χ3v) is 1.69. The van der Waals surface area contributed by atoms with Gasteiger partial charge >= 0.3 is 5.69 Å². The fraction of sp³-hybridized carbons (Fsp3) is 0.250. The molecule has 0 spiro atoms. The predicted molar refractivity (Wildman–Crippen MR) is 42.7 cm³/mol. The van der Waals surface area contributed by atoms with Crippen molar-refractivity contribution < 1.29 is 22.5 Å². The van der Waals surface area contributed by atoms with Crippen molar-refractivity contribution in [3.8, 4) is 0 Å². The van der Waals surface area contributed by atoms with Crippen LogP contribution in [0.25, 0.3) is 0 Å². The van der Waals surface area contributed by atoms with Crippen LogP contribution in [0.3, 0.4) is 0 Å². The lowest BCUT2D eigenvalue weighted by molar-refractivity contribution is -0.387. The van der Waals surface area contributed by atoms with Crippen molar-refractivity contribution in [2.24, 2.45) is 0 Å². The Labute approximate surface area is 81.5 Å². The zero-order valence-corrected chi connectivity index (χ0v) is 7.21. The Morgan fingerprint density at radius 1 is 1.27 bits per heavy atom. The molecule has 0 amide bonds. The van der Waals surface area contributed by atoms with Crippen molar-refractivity contribution in [2.75, 3.05) is 0 Å². The van der Waals surface area contributed by atoms with Crippen LogP contribution in [0.4, 0.5) is 23.2 Å². The Kier molecular flexibility index (Phi) is 3.23. The SMILES string of the molecule is O=[N+]([O-])c1cc(F)c(CC(F)F)cc1F. The van der Waals surface area contributed by atoms with Gasteiger partial charge in [-0.25, -0.2) is 13.2 Å². The lowest BCUT2D eigenvalue weighted by Crippen LogP contribution is -2.03. The third kappa shape index (κ3) is 2.64. The molecule has 0 unspecified atom stereocenters. The van der Waals surface area contributed by atoms with E-state index in [4.69, 9.17) is 0 Å². The summed E-state index contributed by atoms with van der Waals surface area (Å²) in [4.78, 5) is 9.04. The molecule has 1 aromatic carbocycles. The number of nitro groups is 1. The fourth-order valence-electron chi connectivity index (χ4n) is 1.04. The number of nitrogens with zero attached hydrogens (tertiary/aromatic N) is 1. The first kappa shape index (κ1) is 11.4. The van der Waals surface area contributed by atoms with E-state index in [0.717, 1.165) is 0 Å². The van der Waals surface area contributed by atoms with Gasteiger partial charge in [-0.2, -0.15) is 4.39 Å². The Morgan fingerprint density at radius 2 is 1.87 bits per heavy atom. The number of alkyl halides is 2. The standard InChI is InChI=1S/C8H5F4NO2/c9-5-3-7(13(14)15)6(10)1-4(5)2-8(11)12/h1,3,8H,2H2. The quantitative estimate of drug-likeness (QED) is 0.449. The maximum absolute atomic E-state index is 12.9. The van der Waals surface area contributed by atoms with Crippen LogP contribution < -0.4 is 0 Å². The molecule has 7 heteroatoms. The van der Waals surface area contributed by atoms with E-state index in [2.05, 4.69) is 0 Å². The minimum atomic E-state index is -2.83. The first-order valence-electron chi connectivity index (χ1n) is 3.82. The van der Waals surface area contributed by atoms with Crippen LogP contribution in [0.2, 0.25) is 0 Å². The topological polar surface area (TPSA) is 43.1 Å². The van der Waals surface area contributed by atoms with E-state index in [1.807, 2.05) is 0 Å². The molecule has 0 aliphatic carbocycles. The summed E-state index contributed by atoms with van der Waals surface area (Å²) in [5.74, 6) is -2.53. The van der Waals surface area contributed by atoms with Gasteiger partial charge < -0.3 is 0 Å². The molecule has 0 aromatic heterocycles. The number of hydrogen-bond acceptors (Lipinski definition) is 2. The molecular formula is C8H5F4NO2. The molecule has 1 rings (SSSR count). The number of rotatable bonds is 3. The van der Waals surface area contributed by atoms with Crippen molar-refractivity contribution in [2.45, 2.75) is 12.8 Å². The maximum atomic E-state index is 12.9. The molecule has 0 atom stereocenters. The van der Waals surface area contributed by atoms with Gasteiger partial charge in [-0.05, 0) is 11.6 Å². The molecule has 82 valence electrons. The molecule has 0 saturated carbocycles. The molecule has 0 fully saturated rings. The van der Waals surface area contributed by atoms with Gasteiger partial charge in [0.25, 0.3) is 0 Å². The van der Waals surface area contributed by atoms with Crippen LogP contribution in [-0.4, -0.2) is 11.3 Å². The van der Waals surface area contributed by atoms with E-state index < -0.39 is 40.7 Å². The Bertz CT molecular complexity index is 394. The average molecular weight is 223 g/mol. The minimum absolute atomic E-state index is 0.299. The second-order valence-corrected chi connectivity index (χ2v) is 2.75. The van der Waals surface area contributed by atoms with Gasteiger partial charge in [-0.15, -0.1) is 0 Å². The zero-order valence-electron chi connectivity index (χ0n) is 7.21. The highest BCUT2D eigenvalue weighted by Gasteiger charge is 2.19. The highest BCUT2D eigenvalue weighted by atomic mass is 19.3. The van der Waals surface area contributed by atoms with E-state index >= 15 is 0 Å². The fourth-order valence-corrected chi connectivity index (χ4v) is 1.04. The smallest absolute Gasteiger partial charge is 0.258 e. The lowest BCUT2D eigenvalue weighted by Gasteiger charge is -2.02. The molecular weight excluding hydrogens is 218 g/mol. The van der Waals surface area contributed by atoms with Crippen LogP contribution in [0.15, 0.2) is 12.1 Å². The summed E-state index contributed by atoms with van der Waals surface area (Å²) in [6.07, 6.45) is -3.80. The first-order chi connectivity index (χ1) is 6.91. The van der Waals surface area contributed by atoms with Crippen molar-refractivity contribution in [3.63, 3.8) is 0 Å². The highest BCUT2D eigenvalue weighted by molar-refractivity contribution is 5.36. The second-order valence-electron chi connectivity index (χ2n) is 2.75. The molecule has 0 aliphatic heterocycles. The lowest BCUT2D eigenvalue weighted by atomic mass is 10.1. The molecule has 1 aromatic rings. The summed E-state index contributed by atoms with van der Waals surface area (Å²) in [6, 6.07) is 0.715. The van der Waals surface area contributed by atoms with Gasteiger partial charge in [0.15, 0.2) is 0 Å². The van der Waals surface area contributed by atoms with Crippen LogP contribution >= 0.6 is 0 Å². The van der Waals surface area contributed by atoms with Gasteiger partial charge in [0.05, 0.1) is 11.0 Å².